The molecule has 2 N–H and O–H groups in total. The Morgan fingerprint density at radius 2 is 1.84 bits per heavy atom. The Morgan fingerprint density at radius 3 is 2.52 bits per heavy atom. The first-order valence-electron chi connectivity index (χ1n) is 10.3. The summed E-state index contributed by atoms with van der Waals surface area (Å²) >= 11 is 5.23. The summed E-state index contributed by atoms with van der Waals surface area (Å²) in [5.74, 6) is 1.09. The second-order valence-corrected chi connectivity index (χ2v) is 8.01. The van der Waals surface area contributed by atoms with Gasteiger partial charge >= 0.3 is 0 Å². The average molecular weight is 438 g/mol. The lowest BCUT2D eigenvalue weighted by Crippen LogP contribution is -2.38. The molecule has 1 aliphatic heterocycles. The monoisotopic (exact) mass is 437 g/mol. The van der Waals surface area contributed by atoms with Gasteiger partial charge in [0.05, 0.1) is 7.11 Å². The van der Waals surface area contributed by atoms with Gasteiger partial charge in [0.15, 0.2) is 5.11 Å². The normalized spacial score (nSPS) is 14.3. The molecule has 0 aliphatic carbocycles. The number of amides is 2. The van der Waals surface area contributed by atoms with Crippen molar-refractivity contribution in [3.63, 3.8) is 0 Å². The molecule has 0 saturated carbocycles. The largest absolute Gasteiger partial charge is 0.497 e. The second kappa shape index (κ2) is 10.7. The third-order valence-corrected chi connectivity index (χ3v) is 5.42. The second-order valence-electron chi connectivity index (χ2n) is 7.61. The predicted molar refractivity (Wildman–Crippen MR) is 127 cm³/mol. The zero-order chi connectivity index (χ0) is 22.2. The van der Waals surface area contributed by atoms with Crippen molar-refractivity contribution >= 4 is 40.9 Å². The van der Waals surface area contributed by atoms with Crippen molar-refractivity contribution in [2.24, 2.45) is 5.92 Å². The number of hydrogen-bond donors (Lipinski definition) is 2. The van der Waals surface area contributed by atoms with Crippen molar-refractivity contribution in [1.29, 1.82) is 0 Å². The summed E-state index contributed by atoms with van der Waals surface area (Å²) in [7, 11) is 1.60. The zero-order valence-corrected chi connectivity index (χ0v) is 18.6. The Bertz CT molecular complexity index is 964. The predicted octanol–water partition coefficient (Wildman–Crippen LogP) is 4.09. The summed E-state index contributed by atoms with van der Waals surface area (Å²) in [5.41, 5.74) is 2.13. The summed E-state index contributed by atoms with van der Waals surface area (Å²) < 4.78 is 5.11. The van der Waals surface area contributed by atoms with E-state index in [4.69, 9.17) is 17.0 Å². The first-order chi connectivity index (χ1) is 14.9. The lowest BCUT2D eigenvalue weighted by atomic mass is 9.98. The first kappa shape index (κ1) is 22.5. The fourth-order valence-corrected chi connectivity index (χ4v) is 3.55. The molecule has 1 heterocycles. The number of nitrogens with zero attached hydrogens (tertiary/aromatic N) is 1. The Balaban J connectivity index is 1.54. The molecular weight excluding hydrogens is 410 g/mol. The number of rotatable bonds is 5. The van der Waals surface area contributed by atoms with Gasteiger partial charge in [0.1, 0.15) is 5.75 Å². The molecule has 0 unspecified atom stereocenters. The van der Waals surface area contributed by atoms with E-state index in [-0.39, 0.29) is 16.9 Å². The number of carbonyl (C=O) groups excluding carboxylic acids is 2. The number of piperidine rings is 1. The van der Waals surface area contributed by atoms with Crippen LogP contribution in [0.15, 0.2) is 54.6 Å². The van der Waals surface area contributed by atoms with Crippen LogP contribution in [0.4, 0.5) is 5.69 Å². The number of benzene rings is 2. The maximum atomic E-state index is 12.8. The van der Waals surface area contributed by atoms with Crippen LogP contribution in [0.5, 0.6) is 5.75 Å². The molecule has 6 nitrogen and oxygen atoms in total. The van der Waals surface area contributed by atoms with Crippen LogP contribution in [0.3, 0.4) is 0 Å². The highest BCUT2D eigenvalue weighted by Gasteiger charge is 2.21. The van der Waals surface area contributed by atoms with E-state index in [9.17, 15) is 9.59 Å². The fourth-order valence-electron chi connectivity index (χ4n) is 3.33. The van der Waals surface area contributed by atoms with Gasteiger partial charge in [0.25, 0.3) is 5.91 Å². The van der Waals surface area contributed by atoms with Crippen LogP contribution in [-0.4, -0.2) is 42.0 Å². The summed E-state index contributed by atoms with van der Waals surface area (Å²) in [5, 5.41) is 5.75. The van der Waals surface area contributed by atoms with Crippen LogP contribution >= 0.6 is 12.2 Å². The number of thiocarbonyl (C=S) groups is 1. The minimum absolute atomic E-state index is 0.0212. The molecule has 162 valence electrons. The molecule has 0 aromatic heterocycles. The lowest BCUT2D eigenvalue weighted by Gasteiger charge is -2.30. The molecule has 7 heteroatoms. The molecule has 2 aromatic carbocycles. The highest BCUT2D eigenvalue weighted by atomic mass is 32.1. The number of nitrogens with one attached hydrogen (secondary N) is 2. The maximum absolute atomic E-state index is 12.8. The summed E-state index contributed by atoms with van der Waals surface area (Å²) in [6, 6.07) is 14.5. The number of carbonyl (C=O) groups is 2. The highest BCUT2D eigenvalue weighted by Crippen LogP contribution is 2.19. The molecule has 0 radical (unpaired) electrons. The molecule has 0 spiro atoms. The van der Waals surface area contributed by atoms with Gasteiger partial charge in [-0.05, 0) is 72.9 Å². The van der Waals surface area contributed by atoms with Gasteiger partial charge in [-0.2, -0.15) is 0 Å². The van der Waals surface area contributed by atoms with E-state index in [1.54, 1.807) is 37.5 Å². The van der Waals surface area contributed by atoms with Gasteiger partial charge in [-0.25, -0.2) is 0 Å². The van der Waals surface area contributed by atoms with E-state index in [1.165, 1.54) is 6.08 Å². The van der Waals surface area contributed by atoms with E-state index in [0.29, 0.717) is 17.2 Å². The summed E-state index contributed by atoms with van der Waals surface area (Å²) in [4.78, 5) is 26.8. The van der Waals surface area contributed by atoms with E-state index in [2.05, 4.69) is 17.6 Å². The van der Waals surface area contributed by atoms with Gasteiger partial charge in [0.2, 0.25) is 5.91 Å². The topological polar surface area (TPSA) is 70.7 Å². The third kappa shape index (κ3) is 6.65. The van der Waals surface area contributed by atoms with E-state index in [1.807, 2.05) is 29.2 Å². The highest BCUT2D eigenvalue weighted by molar-refractivity contribution is 7.80. The van der Waals surface area contributed by atoms with E-state index >= 15 is 0 Å². The molecule has 3 rings (SSSR count). The Hall–Kier alpha value is -3.19. The van der Waals surface area contributed by atoms with Crippen molar-refractivity contribution in [2.75, 3.05) is 25.5 Å². The molecule has 1 saturated heterocycles. The minimum Gasteiger partial charge on any atom is -0.497 e. The van der Waals surface area contributed by atoms with Crippen LogP contribution in [0, 0.1) is 5.92 Å². The Labute approximate surface area is 188 Å². The van der Waals surface area contributed by atoms with Crippen LogP contribution in [0.25, 0.3) is 6.08 Å². The summed E-state index contributed by atoms with van der Waals surface area (Å²) in [6.45, 7) is 3.78. The quantitative estimate of drug-likeness (QED) is 0.545. The van der Waals surface area contributed by atoms with Gasteiger partial charge in [-0.3, -0.25) is 14.9 Å². The van der Waals surface area contributed by atoms with Crippen LogP contribution in [0.2, 0.25) is 0 Å². The number of anilines is 1. The lowest BCUT2D eigenvalue weighted by molar-refractivity contribution is -0.115. The SMILES string of the molecule is COc1ccc(/C=C/C(=O)NC(=S)Nc2cccc(C(=O)N3CCC(C)CC3)c2)cc1. The van der Waals surface area contributed by atoms with Crippen molar-refractivity contribution in [3.8, 4) is 5.75 Å². The van der Waals surface area contributed by atoms with E-state index in [0.717, 1.165) is 37.2 Å². The molecule has 2 aromatic rings. The van der Waals surface area contributed by atoms with Crippen molar-refractivity contribution in [1.82, 2.24) is 10.2 Å². The molecule has 2 amide bonds. The Kier molecular flexibility index (Phi) is 7.78. The van der Waals surface area contributed by atoms with Crippen molar-refractivity contribution in [3.05, 3.63) is 65.7 Å². The van der Waals surface area contributed by atoms with Gasteiger partial charge in [0, 0.05) is 30.4 Å². The van der Waals surface area contributed by atoms with Crippen molar-refractivity contribution in [2.45, 2.75) is 19.8 Å². The maximum Gasteiger partial charge on any atom is 0.253 e. The van der Waals surface area contributed by atoms with Crippen LogP contribution < -0.4 is 15.4 Å². The molecule has 31 heavy (non-hydrogen) atoms. The van der Waals surface area contributed by atoms with E-state index < -0.39 is 0 Å². The molecule has 0 bridgehead atoms. The van der Waals surface area contributed by atoms with Crippen LogP contribution in [-0.2, 0) is 4.79 Å². The number of methoxy groups -OCH3 is 1. The number of ether oxygens (including phenoxy) is 1. The minimum atomic E-state index is -0.344. The molecule has 1 aliphatic rings. The van der Waals surface area contributed by atoms with Gasteiger partial charge in [-0.15, -0.1) is 0 Å². The average Bonchev–Trinajstić information content (AvgIpc) is 2.78. The third-order valence-electron chi connectivity index (χ3n) is 5.22. The standard InChI is InChI=1S/C24H27N3O3S/c1-17-12-14-27(15-13-17)23(29)19-4-3-5-20(16-19)25-24(31)26-22(28)11-8-18-6-9-21(30-2)10-7-18/h3-11,16-17H,12-15H2,1-2H3,(H2,25,26,28,31)/b11-8+. The number of likely N-dealkylation sites (tertiary alicyclic amines) is 1. The van der Waals surface area contributed by atoms with Crippen molar-refractivity contribution < 1.29 is 14.3 Å². The van der Waals surface area contributed by atoms with Crippen LogP contribution in [0.1, 0.15) is 35.7 Å². The smallest absolute Gasteiger partial charge is 0.253 e. The van der Waals surface area contributed by atoms with Gasteiger partial charge < -0.3 is 15.0 Å². The van der Waals surface area contributed by atoms with Gasteiger partial charge in [-0.1, -0.05) is 25.1 Å². The molecule has 1 fully saturated rings. The number of hydrogen-bond acceptors (Lipinski definition) is 4. The molecular formula is C24H27N3O3S. The summed E-state index contributed by atoms with van der Waals surface area (Å²) in [6.07, 6.45) is 5.16. The molecule has 0 atom stereocenters. The zero-order valence-electron chi connectivity index (χ0n) is 17.8. The Morgan fingerprint density at radius 1 is 1.13 bits per heavy atom. The fraction of sp³-hybridized carbons (Fsp3) is 0.292. The first-order valence-corrected chi connectivity index (χ1v) is 10.7.